The van der Waals surface area contributed by atoms with E-state index >= 15 is 0 Å². The third kappa shape index (κ3) is 4.89. The van der Waals surface area contributed by atoms with Crippen molar-refractivity contribution in [3.8, 4) is 0 Å². The van der Waals surface area contributed by atoms with Gasteiger partial charge in [-0.1, -0.05) is 27.2 Å². The molecular formula is C22H34N4O3. The number of nitrogens with one attached hydrogen (secondary N) is 2. The van der Waals surface area contributed by atoms with Crippen LogP contribution in [0.1, 0.15) is 72.1 Å². The predicted octanol–water partition coefficient (Wildman–Crippen LogP) is 2.15. The van der Waals surface area contributed by atoms with Crippen LogP contribution in [-0.4, -0.2) is 71.6 Å². The Balaban J connectivity index is 1.59. The highest BCUT2D eigenvalue weighted by molar-refractivity contribution is 6.04. The zero-order valence-electron chi connectivity index (χ0n) is 18.2. The van der Waals surface area contributed by atoms with Crippen molar-refractivity contribution in [2.24, 2.45) is 5.41 Å². The lowest BCUT2D eigenvalue weighted by Gasteiger charge is -2.34. The molecule has 1 fully saturated rings. The van der Waals surface area contributed by atoms with Gasteiger partial charge in [0.2, 0.25) is 5.91 Å². The molecule has 29 heavy (non-hydrogen) atoms. The summed E-state index contributed by atoms with van der Waals surface area (Å²) in [7, 11) is 0. The van der Waals surface area contributed by atoms with E-state index in [1.54, 1.807) is 0 Å². The number of H-pyrrole nitrogens is 1. The number of amides is 2. The van der Waals surface area contributed by atoms with Crippen molar-refractivity contribution < 1.29 is 14.4 Å². The van der Waals surface area contributed by atoms with Gasteiger partial charge < -0.3 is 15.2 Å². The number of aromatic nitrogens is 1. The van der Waals surface area contributed by atoms with Crippen molar-refractivity contribution in [2.45, 2.75) is 53.4 Å². The zero-order valence-corrected chi connectivity index (χ0v) is 18.2. The first-order valence-electron chi connectivity index (χ1n) is 10.7. The van der Waals surface area contributed by atoms with Crippen LogP contribution in [0.5, 0.6) is 0 Å². The summed E-state index contributed by atoms with van der Waals surface area (Å²) in [5.41, 5.74) is 2.87. The van der Waals surface area contributed by atoms with Gasteiger partial charge in [0.15, 0.2) is 5.78 Å². The smallest absolute Gasteiger partial charge is 0.270 e. The van der Waals surface area contributed by atoms with E-state index in [0.717, 1.165) is 42.6 Å². The molecule has 1 aromatic rings. The van der Waals surface area contributed by atoms with Crippen molar-refractivity contribution in [3.05, 3.63) is 22.5 Å². The fourth-order valence-electron chi connectivity index (χ4n) is 4.38. The molecule has 0 unspecified atom stereocenters. The molecule has 7 heteroatoms. The van der Waals surface area contributed by atoms with Crippen LogP contribution in [0.2, 0.25) is 0 Å². The number of fused-ring (bicyclic) bond motifs is 1. The third-order valence-electron chi connectivity index (χ3n) is 5.99. The average molecular weight is 403 g/mol. The van der Waals surface area contributed by atoms with E-state index in [0.29, 0.717) is 44.8 Å². The fraction of sp³-hybridized carbons (Fsp3) is 0.682. The second kappa shape index (κ2) is 8.69. The molecule has 0 spiro atoms. The van der Waals surface area contributed by atoms with E-state index < -0.39 is 0 Å². The summed E-state index contributed by atoms with van der Waals surface area (Å²) in [6.07, 6.45) is 3.35. The average Bonchev–Trinajstić information content (AvgIpc) is 2.97. The molecule has 2 aliphatic rings. The van der Waals surface area contributed by atoms with Crippen LogP contribution in [0.25, 0.3) is 0 Å². The lowest BCUT2D eigenvalue weighted by molar-refractivity contribution is -0.122. The maximum absolute atomic E-state index is 13.1. The van der Waals surface area contributed by atoms with Gasteiger partial charge in [0.1, 0.15) is 5.69 Å². The number of carbonyl (C=O) groups excluding carboxylic acids is 3. The molecule has 2 amide bonds. The van der Waals surface area contributed by atoms with Crippen LogP contribution >= 0.6 is 0 Å². The van der Waals surface area contributed by atoms with Gasteiger partial charge in [0.25, 0.3) is 5.91 Å². The molecule has 1 saturated heterocycles. The molecule has 2 N–H and O–H groups in total. The molecule has 7 nitrogen and oxygen atoms in total. The van der Waals surface area contributed by atoms with Gasteiger partial charge in [-0.15, -0.1) is 0 Å². The van der Waals surface area contributed by atoms with Crippen molar-refractivity contribution in [3.63, 3.8) is 0 Å². The first kappa shape index (κ1) is 21.6. The summed E-state index contributed by atoms with van der Waals surface area (Å²) in [6.45, 7) is 11.8. The molecule has 160 valence electrons. The number of rotatable bonds is 6. The highest BCUT2D eigenvalue weighted by Crippen LogP contribution is 2.36. The Labute approximate surface area is 173 Å². The number of ketones is 1. The van der Waals surface area contributed by atoms with Crippen LogP contribution in [0.3, 0.4) is 0 Å². The quantitative estimate of drug-likeness (QED) is 0.714. The fourth-order valence-corrected chi connectivity index (χ4v) is 4.38. The van der Waals surface area contributed by atoms with Crippen LogP contribution in [0.4, 0.5) is 0 Å². The van der Waals surface area contributed by atoms with E-state index in [-0.39, 0.29) is 23.0 Å². The summed E-state index contributed by atoms with van der Waals surface area (Å²) in [6, 6.07) is 0. The van der Waals surface area contributed by atoms with Crippen LogP contribution in [0, 0.1) is 12.3 Å². The van der Waals surface area contributed by atoms with Gasteiger partial charge in [-0.05, 0) is 30.7 Å². The summed E-state index contributed by atoms with van der Waals surface area (Å²) < 4.78 is 0. The standard InChI is InChI=1S/C22H34N4O3/c1-5-6-7-23-18(28)14-25-8-10-26(11-9-25)21(29)20-15(2)19-16(24-20)12-22(3,4)13-17(19)27/h24H,5-14H2,1-4H3,(H,23,28). The Hall–Kier alpha value is -2.15. The zero-order chi connectivity index (χ0) is 21.2. The van der Waals surface area contributed by atoms with Gasteiger partial charge in [-0.2, -0.15) is 0 Å². The Kier molecular flexibility index (Phi) is 6.46. The van der Waals surface area contributed by atoms with Crippen molar-refractivity contribution in [1.29, 1.82) is 0 Å². The first-order chi connectivity index (χ1) is 13.7. The van der Waals surface area contributed by atoms with Gasteiger partial charge in [-0.3, -0.25) is 19.3 Å². The molecule has 0 bridgehead atoms. The molecule has 1 aliphatic carbocycles. The minimum absolute atomic E-state index is 0.0467. The highest BCUT2D eigenvalue weighted by atomic mass is 16.2. The van der Waals surface area contributed by atoms with Crippen LogP contribution in [0.15, 0.2) is 0 Å². The van der Waals surface area contributed by atoms with Crippen LogP contribution in [-0.2, 0) is 11.2 Å². The number of piperazine rings is 1. The largest absolute Gasteiger partial charge is 0.355 e. The van der Waals surface area contributed by atoms with E-state index in [4.69, 9.17) is 0 Å². The van der Waals surface area contributed by atoms with Gasteiger partial charge in [-0.25, -0.2) is 0 Å². The van der Waals surface area contributed by atoms with Crippen LogP contribution < -0.4 is 5.32 Å². The maximum atomic E-state index is 13.1. The van der Waals surface area contributed by atoms with Gasteiger partial charge in [0, 0.05) is 50.4 Å². The SMILES string of the molecule is CCCCNC(=O)CN1CCN(C(=O)c2[nH]c3c(c2C)C(=O)CC(C)(C)C3)CC1. The number of hydrogen-bond donors (Lipinski definition) is 2. The normalized spacial score (nSPS) is 19.2. The molecule has 0 radical (unpaired) electrons. The molecule has 0 atom stereocenters. The summed E-state index contributed by atoms with van der Waals surface area (Å²) in [5, 5.41) is 2.94. The molecule has 0 saturated carbocycles. The van der Waals surface area contributed by atoms with E-state index in [2.05, 4.69) is 36.0 Å². The lowest BCUT2D eigenvalue weighted by Crippen LogP contribution is -2.51. The van der Waals surface area contributed by atoms with Crippen molar-refractivity contribution >= 4 is 17.6 Å². The molecule has 0 aromatic carbocycles. The molecule has 3 rings (SSSR count). The Morgan fingerprint density at radius 2 is 1.83 bits per heavy atom. The minimum atomic E-state index is -0.0784. The second-order valence-electron chi connectivity index (χ2n) is 9.19. The monoisotopic (exact) mass is 402 g/mol. The Morgan fingerprint density at radius 3 is 2.48 bits per heavy atom. The number of Topliss-reactive ketones (excluding diaryl/α,β-unsaturated/α-hetero) is 1. The predicted molar refractivity (Wildman–Crippen MR) is 112 cm³/mol. The summed E-state index contributed by atoms with van der Waals surface area (Å²) in [4.78, 5) is 44.9. The molecule has 1 aliphatic heterocycles. The number of hydrogen-bond acceptors (Lipinski definition) is 4. The number of unbranched alkanes of at least 4 members (excludes halogenated alkanes) is 1. The number of aromatic amines is 1. The number of carbonyl (C=O) groups is 3. The van der Waals surface area contributed by atoms with E-state index in [1.165, 1.54) is 0 Å². The lowest BCUT2D eigenvalue weighted by atomic mass is 9.75. The van der Waals surface area contributed by atoms with Gasteiger partial charge in [0.05, 0.1) is 6.54 Å². The summed E-state index contributed by atoms with van der Waals surface area (Å²) >= 11 is 0. The Morgan fingerprint density at radius 1 is 1.14 bits per heavy atom. The Bertz CT molecular complexity index is 788. The number of nitrogens with zero attached hydrogens (tertiary/aromatic N) is 2. The third-order valence-corrected chi connectivity index (χ3v) is 5.99. The molecule has 2 heterocycles. The molecular weight excluding hydrogens is 368 g/mol. The van der Waals surface area contributed by atoms with Crippen molar-refractivity contribution in [1.82, 2.24) is 20.1 Å². The summed E-state index contributed by atoms with van der Waals surface area (Å²) in [5.74, 6) is 0.129. The second-order valence-corrected chi connectivity index (χ2v) is 9.19. The minimum Gasteiger partial charge on any atom is -0.355 e. The van der Waals surface area contributed by atoms with E-state index in [1.807, 2.05) is 11.8 Å². The van der Waals surface area contributed by atoms with Crippen molar-refractivity contribution in [2.75, 3.05) is 39.3 Å². The maximum Gasteiger partial charge on any atom is 0.270 e. The molecule has 1 aromatic heterocycles. The van der Waals surface area contributed by atoms with Gasteiger partial charge >= 0.3 is 0 Å². The topological polar surface area (TPSA) is 85.5 Å². The van der Waals surface area contributed by atoms with E-state index in [9.17, 15) is 14.4 Å². The first-order valence-corrected chi connectivity index (χ1v) is 10.7. The highest BCUT2D eigenvalue weighted by Gasteiger charge is 2.36.